The molecule has 0 radical (unpaired) electrons. The first-order valence-corrected chi connectivity index (χ1v) is 10.0. The van der Waals surface area contributed by atoms with Crippen LogP contribution in [0.15, 0.2) is 23.1 Å². The van der Waals surface area contributed by atoms with E-state index in [1.165, 1.54) is 18.5 Å². The molecular weight excluding hydrogens is 386 g/mol. The monoisotopic (exact) mass is 409 g/mol. The normalized spacial score (nSPS) is 11.4. The van der Waals surface area contributed by atoms with Crippen molar-refractivity contribution in [3.63, 3.8) is 0 Å². The molecule has 0 fully saturated rings. The van der Waals surface area contributed by atoms with Crippen LogP contribution in [-0.2, 0) is 21.4 Å². The van der Waals surface area contributed by atoms with E-state index in [0.29, 0.717) is 5.56 Å². The minimum Gasteiger partial charge on any atom is -0.353 e. The Bertz CT molecular complexity index is 1010. The second kappa shape index (κ2) is 8.48. The average Bonchev–Trinajstić information content (AvgIpc) is 2.87. The van der Waals surface area contributed by atoms with Gasteiger partial charge in [-0.15, -0.1) is 0 Å². The number of sulfonamides is 1. The maximum absolute atomic E-state index is 12.4. The Morgan fingerprint density at radius 2 is 1.89 bits per heavy atom. The van der Waals surface area contributed by atoms with Crippen LogP contribution in [0.4, 0.5) is 5.69 Å². The van der Waals surface area contributed by atoms with Crippen molar-refractivity contribution in [1.82, 2.24) is 19.8 Å². The van der Waals surface area contributed by atoms with E-state index in [9.17, 15) is 23.3 Å². The van der Waals surface area contributed by atoms with Crippen molar-refractivity contribution in [2.24, 2.45) is 0 Å². The van der Waals surface area contributed by atoms with Gasteiger partial charge in [0.1, 0.15) is 17.9 Å². The molecule has 2 rings (SSSR count). The molecule has 28 heavy (non-hydrogen) atoms. The van der Waals surface area contributed by atoms with E-state index in [1.54, 1.807) is 19.1 Å². The summed E-state index contributed by atoms with van der Waals surface area (Å²) in [5.41, 5.74) is 1.87. The second-order valence-electron chi connectivity index (χ2n) is 6.45. The van der Waals surface area contributed by atoms with Gasteiger partial charge in [0, 0.05) is 13.1 Å². The molecular formula is C17H23N5O5S. The third-order valence-electron chi connectivity index (χ3n) is 4.19. The summed E-state index contributed by atoms with van der Waals surface area (Å²) < 4.78 is 28.5. The molecule has 11 heteroatoms. The second-order valence-corrected chi connectivity index (χ2v) is 8.19. The number of amides is 1. The molecule has 1 heterocycles. The van der Waals surface area contributed by atoms with E-state index in [-0.39, 0.29) is 41.6 Å². The maximum atomic E-state index is 12.4. The van der Waals surface area contributed by atoms with Crippen LogP contribution < -0.4 is 10.0 Å². The van der Waals surface area contributed by atoms with E-state index in [0.717, 1.165) is 5.56 Å². The van der Waals surface area contributed by atoms with Crippen molar-refractivity contribution in [2.45, 2.75) is 39.1 Å². The minimum absolute atomic E-state index is 0.0126. The van der Waals surface area contributed by atoms with Gasteiger partial charge >= 0.3 is 5.69 Å². The number of aromatic nitrogens is 2. The highest BCUT2D eigenvalue weighted by Crippen LogP contribution is 2.21. The smallest absolute Gasteiger partial charge is 0.312 e. The standard InChI is InChI=1S/C17H23N5O5S/c1-11-5-6-12(2)15(9-11)28(26,27)19-8-7-18-16(23)10-21-14(4)17(22(24)25)13(3)20-21/h5-6,9,19H,7-8,10H2,1-4H3,(H,18,23). The van der Waals surface area contributed by atoms with Crippen molar-refractivity contribution >= 4 is 21.6 Å². The predicted octanol–water partition coefficient (Wildman–Crippen LogP) is 1.12. The van der Waals surface area contributed by atoms with Crippen molar-refractivity contribution in [3.8, 4) is 0 Å². The summed E-state index contributed by atoms with van der Waals surface area (Å²) in [4.78, 5) is 22.7. The van der Waals surface area contributed by atoms with E-state index < -0.39 is 20.9 Å². The van der Waals surface area contributed by atoms with E-state index in [1.807, 2.05) is 13.0 Å². The molecule has 2 N–H and O–H groups in total. The van der Waals surface area contributed by atoms with Gasteiger partial charge in [-0.25, -0.2) is 13.1 Å². The Morgan fingerprint density at radius 1 is 1.21 bits per heavy atom. The predicted molar refractivity (Wildman–Crippen MR) is 102 cm³/mol. The number of carbonyl (C=O) groups excluding carboxylic acids is 1. The Balaban J connectivity index is 1.90. The number of hydrogen-bond donors (Lipinski definition) is 2. The Hall–Kier alpha value is -2.79. The van der Waals surface area contributed by atoms with Crippen molar-refractivity contribution < 1.29 is 18.1 Å². The minimum atomic E-state index is -3.68. The Morgan fingerprint density at radius 3 is 2.50 bits per heavy atom. The van der Waals surface area contributed by atoms with Crippen LogP contribution in [0.2, 0.25) is 0 Å². The molecule has 0 atom stereocenters. The highest BCUT2D eigenvalue weighted by atomic mass is 32.2. The van der Waals surface area contributed by atoms with Gasteiger partial charge in [0.2, 0.25) is 15.9 Å². The van der Waals surface area contributed by atoms with E-state index >= 15 is 0 Å². The molecule has 10 nitrogen and oxygen atoms in total. The fraction of sp³-hybridized carbons (Fsp3) is 0.412. The van der Waals surface area contributed by atoms with Gasteiger partial charge in [0.25, 0.3) is 0 Å². The Labute approximate surface area is 163 Å². The molecule has 0 aliphatic heterocycles. The van der Waals surface area contributed by atoms with Gasteiger partial charge in [0.15, 0.2) is 0 Å². The molecule has 0 bridgehead atoms. The summed E-state index contributed by atoms with van der Waals surface area (Å²) in [5, 5.41) is 17.6. The summed E-state index contributed by atoms with van der Waals surface area (Å²) in [6.07, 6.45) is 0. The summed E-state index contributed by atoms with van der Waals surface area (Å²) in [6.45, 7) is 6.43. The molecule has 0 spiro atoms. The van der Waals surface area contributed by atoms with Crippen molar-refractivity contribution in [3.05, 3.63) is 50.8 Å². The largest absolute Gasteiger partial charge is 0.353 e. The lowest BCUT2D eigenvalue weighted by Crippen LogP contribution is -2.36. The number of nitrogens with zero attached hydrogens (tertiary/aromatic N) is 3. The van der Waals surface area contributed by atoms with Gasteiger partial charge in [-0.2, -0.15) is 5.10 Å². The highest BCUT2D eigenvalue weighted by Gasteiger charge is 2.22. The van der Waals surface area contributed by atoms with Crippen LogP contribution in [0, 0.1) is 37.8 Å². The van der Waals surface area contributed by atoms with Crippen LogP contribution in [0.1, 0.15) is 22.5 Å². The van der Waals surface area contributed by atoms with Gasteiger partial charge < -0.3 is 5.32 Å². The average molecular weight is 409 g/mol. The maximum Gasteiger partial charge on any atom is 0.312 e. The molecule has 1 aromatic carbocycles. The topological polar surface area (TPSA) is 136 Å². The van der Waals surface area contributed by atoms with Gasteiger partial charge in [-0.1, -0.05) is 12.1 Å². The van der Waals surface area contributed by atoms with E-state index in [4.69, 9.17) is 0 Å². The number of nitro groups is 1. The van der Waals surface area contributed by atoms with Crippen molar-refractivity contribution in [2.75, 3.05) is 13.1 Å². The Kier molecular flexibility index (Phi) is 6.52. The summed E-state index contributed by atoms with van der Waals surface area (Å²) in [6, 6.07) is 5.16. The molecule has 1 aromatic heterocycles. The van der Waals surface area contributed by atoms with Crippen molar-refractivity contribution in [1.29, 1.82) is 0 Å². The molecule has 2 aromatic rings. The fourth-order valence-electron chi connectivity index (χ4n) is 2.76. The lowest BCUT2D eigenvalue weighted by Gasteiger charge is -2.11. The third-order valence-corrected chi connectivity index (χ3v) is 5.79. The molecule has 0 unspecified atom stereocenters. The molecule has 1 amide bonds. The lowest BCUT2D eigenvalue weighted by atomic mass is 10.2. The van der Waals surface area contributed by atoms with Crippen LogP contribution in [-0.4, -0.2) is 42.1 Å². The number of hydrogen-bond acceptors (Lipinski definition) is 6. The van der Waals surface area contributed by atoms with E-state index in [2.05, 4.69) is 15.1 Å². The SMILES string of the molecule is Cc1ccc(C)c(S(=O)(=O)NCCNC(=O)Cn2nc(C)c([N+](=O)[O-])c2C)c1. The number of nitrogens with one attached hydrogen (secondary N) is 2. The van der Waals surface area contributed by atoms with Crippen LogP contribution in [0.3, 0.4) is 0 Å². The quantitative estimate of drug-likeness (QED) is 0.381. The van der Waals surface area contributed by atoms with Crippen LogP contribution in [0.5, 0.6) is 0 Å². The third kappa shape index (κ3) is 4.93. The number of benzene rings is 1. The molecule has 0 saturated carbocycles. The highest BCUT2D eigenvalue weighted by molar-refractivity contribution is 7.89. The first-order chi connectivity index (χ1) is 13.0. The summed E-state index contributed by atoms with van der Waals surface area (Å²) in [7, 11) is -3.68. The van der Waals surface area contributed by atoms with Crippen LogP contribution >= 0.6 is 0 Å². The van der Waals surface area contributed by atoms with Gasteiger partial charge in [-0.05, 0) is 44.9 Å². The molecule has 0 aliphatic rings. The zero-order valence-corrected chi connectivity index (χ0v) is 17.0. The molecule has 0 saturated heterocycles. The summed E-state index contributed by atoms with van der Waals surface area (Å²) >= 11 is 0. The fourth-order valence-corrected chi connectivity index (χ4v) is 4.12. The first-order valence-electron chi connectivity index (χ1n) is 8.55. The molecule has 0 aliphatic carbocycles. The van der Waals surface area contributed by atoms with Gasteiger partial charge in [-0.3, -0.25) is 19.6 Å². The van der Waals surface area contributed by atoms with Crippen LogP contribution in [0.25, 0.3) is 0 Å². The molecule has 152 valence electrons. The first kappa shape index (κ1) is 21.5. The van der Waals surface area contributed by atoms with Gasteiger partial charge in [0.05, 0.1) is 9.82 Å². The zero-order chi connectivity index (χ0) is 21.1. The zero-order valence-electron chi connectivity index (χ0n) is 16.1. The lowest BCUT2D eigenvalue weighted by molar-refractivity contribution is -0.386. The number of aryl methyl sites for hydroxylation is 3. The summed E-state index contributed by atoms with van der Waals surface area (Å²) in [5.74, 6) is -0.425. The number of rotatable bonds is 8. The number of carbonyl (C=O) groups is 1.